The Morgan fingerprint density at radius 2 is 2.03 bits per heavy atom. The molecule has 1 fully saturated rings. The molecule has 0 amide bonds. The number of benzene rings is 2. The average Bonchev–Trinajstić information content (AvgIpc) is 3.32. The van der Waals surface area contributed by atoms with Gasteiger partial charge < -0.3 is 19.7 Å². The molecule has 0 spiro atoms. The number of aromatic hydroxyl groups is 1. The number of fused-ring (bicyclic) bond motifs is 1. The Hall–Kier alpha value is -2.41. The first-order valence-electron chi connectivity index (χ1n) is 12.3. The smallest absolute Gasteiger partial charge is 0.140 e. The highest BCUT2D eigenvalue weighted by Crippen LogP contribution is 2.49. The average molecular weight is 480 g/mol. The number of phenols is 1. The van der Waals surface area contributed by atoms with E-state index in [2.05, 4.69) is 30.0 Å². The second-order valence-corrected chi connectivity index (χ2v) is 10.5. The largest absolute Gasteiger partial charge is 0.508 e. The van der Waals surface area contributed by atoms with E-state index < -0.39 is 6.10 Å². The van der Waals surface area contributed by atoms with Crippen LogP contribution in [0.1, 0.15) is 37.9 Å². The molecule has 2 N–H and O–H groups in total. The third-order valence-corrected chi connectivity index (χ3v) is 8.29. The zero-order chi connectivity index (χ0) is 23.5. The molecule has 4 atom stereocenters. The number of rotatable bonds is 7. The van der Waals surface area contributed by atoms with E-state index in [4.69, 9.17) is 9.47 Å². The lowest BCUT2D eigenvalue weighted by molar-refractivity contribution is 0.196. The van der Waals surface area contributed by atoms with Crippen molar-refractivity contribution in [1.82, 2.24) is 4.90 Å². The molecule has 180 valence electrons. The van der Waals surface area contributed by atoms with Gasteiger partial charge in [-0.25, -0.2) is 0 Å². The molecule has 0 radical (unpaired) electrons. The minimum atomic E-state index is -0.481. The number of allylic oxidation sites excluding steroid dienone is 1. The second-order valence-electron chi connectivity index (χ2n) is 9.36. The summed E-state index contributed by atoms with van der Waals surface area (Å²) in [7, 11) is 0. The Kier molecular flexibility index (Phi) is 7.18. The van der Waals surface area contributed by atoms with Crippen LogP contribution in [-0.4, -0.2) is 52.7 Å². The van der Waals surface area contributed by atoms with Crippen molar-refractivity contribution >= 4 is 11.8 Å². The van der Waals surface area contributed by atoms with Crippen molar-refractivity contribution in [2.24, 2.45) is 5.92 Å². The van der Waals surface area contributed by atoms with Crippen LogP contribution < -0.4 is 9.47 Å². The predicted octanol–water partition coefficient (Wildman–Crippen LogP) is 5.34. The van der Waals surface area contributed by atoms with E-state index in [0.29, 0.717) is 13.0 Å². The summed E-state index contributed by atoms with van der Waals surface area (Å²) in [4.78, 5) is 3.40. The van der Waals surface area contributed by atoms with Gasteiger partial charge in [-0.3, -0.25) is 4.90 Å². The summed E-state index contributed by atoms with van der Waals surface area (Å²) >= 11 is 1.66. The number of aliphatic hydroxyl groups excluding tert-OH is 1. The molecule has 5 rings (SSSR count). The van der Waals surface area contributed by atoms with E-state index in [1.54, 1.807) is 23.9 Å². The van der Waals surface area contributed by atoms with Crippen LogP contribution in [0.15, 0.2) is 71.2 Å². The van der Waals surface area contributed by atoms with Crippen LogP contribution >= 0.6 is 11.8 Å². The number of likely N-dealkylation sites (tertiary alicyclic amines) is 1. The Morgan fingerprint density at radius 3 is 2.79 bits per heavy atom. The van der Waals surface area contributed by atoms with E-state index in [-0.39, 0.29) is 17.1 Å². The molecule has 1 saturated heterocycles. The second kappa shape index (κ2) is 10.5. The van der Waals surface area contributed by atoms with Crippen LogP contribution in [0.2, 0.25) is 0 Å². The fourth-order valence-corrected chi connectivity index (χ4v) is 6.27. The highest BCUT2D eigenvalue weighted by atomic mass is 32.2. The fraction of sp³-hybridized carbons (Fsp3) is 0.429. The summed E-state index contributed by atoms with van der Waals surface area (Å²) in [5.41, 5.74) is 2.10. The van der Waals surface area contributed by atoms with Crippen LogP contribution in [-0.2, 0) is 0 Å². The molecule has 2 aliphatic heterocycles. The quantitative estimate of drug-likeness (QED) is 0.559. The van der Waals surface area contributed by atoms with Crippen molar-refractivity contribution in [3.05, 3.63) is 71.8 Å². The highest BCUT2D eigenvalue weighted by molar-refractivity contribution is 8.00. The Bertz CT molecular complexity index is 1050. The molecule has 2 aromatic carbocycles. The van der Waals surface area contributed by atoms with Crippen molar-refractivity contribution in [2.45, 2.75) is 48.5 Å². The van der Waals surface area contributed by atoms with Crippen molar-refractivity contribution < 1.29 is 19.7 Å². The molecule has 2 heterocycles. The number of phenolic OH excluding ortho intramolecular Hbond substituents is 1. The van der Waals surface area contributed by atoms with E-state index in [0.717, 1.165) is 40.0 Å². The van der Waals surface area contributed by atoms with Gasteiger partial charge in [0.25, 0.3) is 0 Å². The van der Waals surface area contributed by atoms with E-state index in [1.165, 1.54) is 25.9 Å². The van der Waals surface area contributed by atoms with Gasteiger partial charge in [-0.2, -0.15) is 0 Å². The van der Waals surface area contributed by atoms with Crippen molar-refractivity contribution in [2.75, 3.05) is 26.2 Å². The van der Waals surface area contributed by atoms with Crippen LogP contribution in [0.5, 0.6) is 17.2 Å². The Labute approximate surface area is 206 Å². The van der Waals surface area contributed by atoms with Crippen LogP contribution in [0, 0.1) is 5.92 Å². The maximum absolute atomic E-state index is 10.2. The monoisotopic (exact) mass is 479 g/mol. The summed E-state index contributed by atoms with van der Waals surface area (Å²) in [6, 6.07) is 13.4. The summed E-state index contributed by atoms with van der Waals surface area (Å²) in [5.74, 6) is 2.69. The van der Waals surface area contributed by atoms with Gasteiger partial charge in [0.1, 0.15) is 30.0 Å². The molecular formula is C28H33NO4S. The van der Waals surface area contributed by atoms with Crippen LogP contribution in [0.25, 0.3) is 0 Å². The van der Waals surface area contributed by atoms with Gasteiger partial charge in [-0.1, -0.05) is 43.7 Å². The van der Waals surface area contributed by atoms with Gasteiger partial charge >= 0.3 is 0 Å². The molecule has 6 heteroatoms. The molecule has 0 saturated carbocycles. The van der Waals surface area contributed by atoms with Gasteiger partial charge in [0.05, 0.1) is 16.2 Å². The van der Waals surface area contributed by atoms with Crippen molar-refractivity contribution in [3.8, 4) is 17.2 Å². The van der Waals surface area contributed by atoms with E-state index >= 15 is 0 Å². The number of thioether (sulfide) groups is 1. The number of ether oxygens (including phenoxy) is 2. The Morgan fingerprint density at radius 1 is 1.18 bits per heavy atom. The minimum Gasteiger partial charge on any atom is -0.508 e. The third kappa shape index (κ3) is 5.29. The molecule has 1 unspecified atom stereocenters. The SMILES string of the molecule is CC[C@@H]1CCN(CCOc2ccc([C@@H]3Oc4ccc(O)cc4S[C@@H]3C3=CC(O)CC=C3)cc2)C1. The molecule has 0 aromatic heterocycles. The normalized spacial score (nSPS) is 26.6. The third-order valence-electron chi connectivity index (χ3n) is 6.94. The van der Waals surface area contributed by atoms with Gasteiger partial charge in [0.15, 0.2) is 0 Å². The first-order valence-corrected chi connectivity index (χ1v) is 13.1. The van der Waals surface area contributed by atoms with E-state index in [1.807, 2.05) is 30.4 Å². The summed E-state index contributed by atoms with van der Waals surface area (Å²) < 4.78 is 12.5. The summed E-state index contributed by atoms with van der Waals surface area (Å²) in [6.07, 6.45) is 8.50. The zero-order valence-corrected chi connectivity index (χ0v) is 20.4. The first-order chi connectivity index (χ1) is 16.6. The van der Waals surface area contributed by atoms with Crippen molar-refractivity contribution in [1.29, 1.82) is 0 Å². The lowest BCUT2D eigenvalue weighted by Gasteiger charge is -2.35. The number of nitrogens with zero attached hydrogens (tertiary/aromatic N) is 1. The Balaban J connectivity index is 1.29. The number of aliphatic hydroxyl groups is 1. The van der Waals surface area contributed by atoms with Crippen molar-refractivity contribution in [3.63, 3.8) is 0 Å². The molecule has 1 aliphatic carbocycles. The lowest BCUT2D eigenvalue weighted by atomic mass is 9.95. The molecule has 2 aromatic rings. The van der Waals surface area contributed by atoms with Crippen LogP contribution in [0.3, 0.4) is 0 Å². The molecule has 5 nitrogen and oxygen atoms in total. The van der Waals surface area contributed by atoms with Crippen LogP contribution in [0.4, 0.5) is 0 Å². The summed E-state index contributed by atoms with van der Waals surface area (Å²) in [6.45, 7) is 6.30. The van der Waals surface area contributed by atoms with E-state index in [9.17, 15) is 10.2 Å². The predicted molar refractivity (Wildman–Crippen MR) is 136 cm³/mol. The number of hydrogen-bond acceptors (Lipinski definition) is 6. The van der Waals surface area contributed by atoms with Gasteiger partial charge in [0, 0.05) is 13.1 Å². The first kappa shape index (κ1) is 23.3. The maximum atomic E-state index is 10.2. The summed E-state index contributed by atoms with van der Waals surface area (Å²) in [5, 5.41) is 20.1. The highest BCUT2D eigenvalue weighted by Gasteiger charge is 2.35. The van der Waals surface area contributed by atoms with Gasteiger partial charge in [0.2, 0.25) is 0 Å². The minimum absolute atomic E-state index is 0.0334. The molecule has 3 aliphatic rings. The lowest BCUT2D eigenvalue weighted by Crippen LogP contribution is -2.27. The topological polar surface area (TPSA) is 62.2 Å². The standard InChI is InChI=1S/C28H33NO4S/c1-2-19-12-13-29(18-19)14-15-32-24-9-6-20(7-10-24)27-28(21-4-3-5-22(30)16-21)34-26-17-23(31)8-11-25(26)33-27/h3-4,6-11,16-17,19,22,27-28,30-31H,2,5,12-15,18H2,1H3/t19-,22?,27+,28-/m1/s1. The fourth-order valence-electron chi connectivity index (χ4n) is 4.94. The molecule has 34 heavy (non-hydrogen) atoms. The molecular weight excluding hydrogens is 446 g/mol. The molecule has 0 bridgehead atoms. The van der Waals surface area contributed by atoms with Gasteiger partial charge in [-0.05, 0) is 66.8 Å². The zero-order valence-electron chi connectivity index (χ0n) is 19.6. The maximum Gasteiger partial charge on any atom is 0.140 e. The van der Waals surface area contributed by atoms with Gasteiger partial charge in [-0.15, -0.1) is 11.8 Å². The number of hydrogen-bond donors (Lipinski definition) is 2.